The maximum Gasteiger partial charge on any atom is -0.0276 e. The van der Waals surface area contributed by atoms with E-state index < -0.39 is 0 Å². The standard InChI is InChI=1S/C20H34/c1-4-7-8-9-10-11-12-13-15-19-17-14-16-18(5-2)20(19)6-3/h14,16-17H,4-13,15H2,1-3H3. The molecule has 0 aromatic heterocycles. The fourth-order valence-electron chi connectivity index (χ4n) is 3.16. The van der Waals surface area contributed by atoms with Gasteiger partial charge in [-0.05, 0) is 42.4 Å². The zero-order valence-electron chi connectivity index (χ0n) is 14.0. The Kier molecular flexibility index (Phi) is 9.45. The molecule has 0 aliphatic carbocycles. The van der Waals surface area contributed by atoms with E-state index in [2.05, 4.69) is 39.0 Å². The summed E-state index contributed by atoms with van der Waals surface area (Å²) >= 11 is 0. The van der Waals surface area contributed by atoms with Gasteiger partial charge in [0.15, 0.2) is 0 Å². The van der Waals surface area contributed by atoms with Crippen molar-refractivity contribution in [3.8, 4) is 0 Å². The fourth-order valence-corrected chi connectivity index (χ4v) is 3.16. The molecule has 0 unspecified atom stereocenters. The van der Waals surface area contributed by atoms with Gasteiger partial charge in [0.05, 0.1) is 0 Å². The Labute approximate surface area is 127 Å². The minimum Gasteiger partial charge on any atom is -0.0654 e. The van der Waals surface area contributed by atoms with Gasteiger partial charge in [0, 0.05) is 0 Å². The van der Waals surface area contributed by atoms with E-state index in [9.17, 15) is 0 Å². The second-order valence-corrected chi connectivity index (χ2v) is 5.99. The van der Waals surface area contributed by atoms with E-state index in [1.54, 1.807) is 16.7 Å². The van der Waals surface area contributed by atoms with Crippen molar-refractivity contribution in [2.24, 2.45) is 0 Å². The second kappa shape index (κ2) is 10.9. The third kappa shape index (κ3) is 6.11. The highest BCUT2D eigenvalue weighted by atomic mass is 14.1. The lowest BCUT2D eigenvalue weighted by Gasteiger charge is -2.12. The molecule has 1 aromatic carbocycles. The summed E-state index contributed by atoms with van der Waals surface area (Å²) in [6, 6.07) is 6.90. The predicted octanol–water partition coefficient (Wildman–Crippen LogP) is 6.49. The van der Waals surface area contributed by atoms with Crippen molar-refractivity contribution in [1.29, 1.82) is 0 Å². The van der Waals surface area contributed by atoms with Crippen molar-refractivity contribution >= 4 is 0 Å². The van der Waals surface area contributed by atoms with Gasteiger partial charge in [-0.3, -0.25) is 0 Å². The fraction of sp³-hybridized carbons (Fsp3) is 0.700. The molecule has 1 aromatic rings. The van der Waals surface area contributed by atoms with Crippen LogP contribution in [-0.2, 0) is 19.3 Å². The van der Waals surface area contributed by atoms with E-state index in [1.807, 2.05) is 0 Å². The number of hydrogen-bond acceptors (Lipinski definition) is 0. The summed E-state index contributed by atoms with van der Waals surface area (Å²) in [5.74, 6) is 0. The largest absolute Gasteiger partial charge is 0.0654 e. The molecule has 0 bridgehead atoms. The highest BCUT2D eigenvalue weighted by molar-refractivity contribution is 5.35. The van der Waals surface area contributed by atoms with E-state index in [0.29, 0.717) is 0 Å². The van der Waals surface area contributed by atoms with Crippen LogP contribution in [-0.4, -0.2) is 0 Å². The molecule has 0 radical (unpaired) electrons. The first-order valence-corrected chi connectivity index (χ1v) is 8.93. The van der Waals surface area contributed by atoms with Gasteiger partial charge in [0.1, 0.15) is 0 Å². The summed E-state index contributed by atoms with van der Waals surface area (Å²) in [6.45, 7) is 6.86. The highest BCUT2D eigenvalue weighted by Gasteiger charge is 2.04. The second-order valence-electron chi connectivity index (χ2n) is 5.99. The average Bonchev–Trinajstić information content (AvgIpc) is 2.49. The highest BCUT2D eigenvalue weighted by Crippen LogP contribution is 2.19. The van der Waals surface area contributed by atoms with Gasteiger partial charge in [-0.1, -0.05) is 83.9 Å². The smallest absolute Gasteiger partial charge is 0.0276 e. The van der Waals surface area contributed by atoms with E-state index in [4.69, 9.17) is 0 Å². The van der Waals surface area contributed by atoms with E-state index in [-0.39, 0.29) is 0 Å². The van der Waals surface area contributed by atoms with Crippen molar-refractivity contribution in [2.45, 2.75) is 91.4 Å². The molecule has 0 heterocycles. The molecule has 0 amide bonds. The molecule has 0 fully saturated rings. The third-order valence-corrected chi connectivity index (χ3v) is 4.40. The molecule has 114 valence electrons. The maximum absolute atomic E-state index is 2.35. The lowest BCUT2D eigenvalue weighted by molar-refractivity contribution is 0.575. The zero-order valence-corrected chi connectivity index (χ0v) is 14.0. The molecular weight excluding hydrogens is 240 g/mol. The van der Waals surface area contributed by atoms with Gasteiger partial charge in [0.25, 0.3) is 0 Å². The van der Waals surface area contributed by atoms with Crippen molar-refractivity contribution in [1.82, 2.24) is 0 Å². The van der Waals surface area contributed by atoms with Crippen LogP contribution in [0.5, 0.6) is 0 Å². The Morgan fingerprint density at radius 1 is 0.650 bits per heavy atom. The van der Waals surface area contributed by atoms with Crippen LogP contribution in [0.4, 0.5) is 0 Å². The molecule has 0 aliphatic rings. The molecular formula is C20H34. The molecule has 0 N–H and O–H groups in total. The SMILES string of the molecule is CCCCCCCCCCc1cccc(CC)c1CC. The van der Waals surface area contributed by atoms with Crippen molar-refractivity contribution in [3.05, 3.63) is 34.9 Å². The molecule has 0 saturated carbocycles. The summed E-state index contributed by atoms with van der Waals surface area (Å²) in [5, 5.41) is 0. The molecule has 1 rings (SSSR count). The van der Waals surface area contributed by atoms with Crippen LogP contribution in [0, 0.1) is 0 Å². The van der Waals surface area contributed by atoms with Gasteiger partial charge in [-0.15, -0.1) is 0 Å². The van der Waals surface area contributed by atoms with Crippen LogP contribution < -0.4 is 0 Å². The molecule has 0 nitrogen and oxygen atoms in total. The van der Waals surface area contributed by atoms with Gasteiger partial charge < -0.3 is 0 Å². The van der Waals surface area contributed by atoms with Gasteiger partial charge >= 0.3 is 0 Å². The third-order valence-electron chi connectivity index (χ3n) is 4.40. The monoisotopic (exact) mass is 274 g/mol. The lowest BCUT2D eigenvalue weighted by atomic mass is 9.93. The Hall–Kier alpha value is -0.780. The van der Waals surface area contributed by atoms with Crippen LogP contribution in [0.2, 0.25) is 0 Å². The van der Waals surface area contributed by atoms with Crippen molar-refractivity contribution in [3.63, 3.8) is 0 Å². The Bertz CT molecular complexity index is 351. The average molecular weight is 274 g/mol. The first-order chi connectivity index (χ1) is 9.83. The van der Waals surface area contributed by atoms with Gasteiger partial charge in [-0.2, -0.15) is 0 Å². The topological polar surface area (TPSA) is 0 Å². The van der Waals surface area contributed by atoms with Crippen LogP contribution in [0.1, 0.15) is 88.8 Å². The van der Waals surface area contributed by atoms with E-state index in [0.717, 1.165) is 0 Å². The first kappa shape index (κ1) is 17.3. The summed E-state index contributed by atoms with van der Waals surface area (Å²) in [7, 11) is 0. The molecule has 0 aliphatic heterocycles. The molecule has 20 heavy (non-hydrogen) atoms. The van der Waals surface area contributed by atoms with Gasteiger partial charge in [0.2, 0.25) is 0 Å². The normalized spacial score (nSPS) is 10.9. The van der Waals surface area contributed by atoms with Crippen molar-refractivity contribution < 1.29 is 0 Å². The van der Waals surface area contributed by atoms with Crippen molar-refractivity contribution in [2.75, 3.05) is 0 Å². The maximum atomic E-state index is 2.35. The summed E-state index contributed by atoms with van der Waals surface area (Å²) < 4.78 is 0. The summed E-state index contributed by atoms with van der Waals surface area (Å²) in [4.78, 5) is 0. The van der Waals surface area contributed by atoms with Gasteiger partial charge in [-0.25, -0.2) is 0 Å². The predicted molar refractivity (Wildman–Crippen MR) is 91.5 cm³/mol. The van der Waals surface area contributed by atoms with Crippen LogP contribution in [0.3, 0.4) is 0 Å². The quantitative estimate of drug-likeness (QED) is 0.404. The Morgan fingerprint density at radius 2 is 1.25 bits per heavy atom. The van der Waals surface area contributed by atoms with Crippen LogP contribution in [0.25, 0.3) is 0 Å². The molecule has 0 heteroatoms. The summed E-state index contributed by atoms with van der Waals surface area (Å²) in [6.07, 6.45) is 15.0. The minimum atomic E-state index is 1.18. The Balaban J connectivity index is 2.25. The number of aryl methyl sites for hydroxylation is 2. The van der Waals surface area contributed by atoms with Crippen LogP contribution >= 0.6 is 0 Å². The zero-order chi connectivity index (χ0) is 14.6. The minimum absolute atomic E-state index is 1.18. The number of unbranched alkanes of at least 4 members (excludes halogenated alkanes) is 7. The first-order valence-electron chi connectivity index (χ1n) is 8.93. The Morgan fingerprint density at radius 3 is 1.85 bits per heavy atom. The summed E-state index contributed by atoms with van der Waals surface area (Å²) in [5.41, 5.74) is 4.79. The van der Waals surface area contributed by atoms with Crippen LogP contribution in [0.15, 0.2) is 18.2 Å². The lowest BCUT2D eigenvalue weighted by Crippen LogP contribution is -1.98. The van der Waals surface area contributed by atoms with E-state index in [1.165, 1.54) is 70.6 Å². The molecule has 0 spiro atoms. The number of rotatable bonds is 11. The van der Waals surface area contributed by atoms with E-state index >= 15 is 0 Å². The number of hydrogen-bond donors (Lipinski definition) is 0. The molecule has 0 atom stereocenters. The molecule has 0 saturated heterocycles. The number of benzene rings is 1.